The van der Waals surface area contributed by atoms with Crippen molar-refractivity contribution in [2.24, 2.45) is 0 Å². The molecule has 2 aromatic carbocycles. The van der Waals surface area contributed by atoms with E-state index in [9.17, 15) is 14.4 Å². The fraction of sp³-hybridized carbons (Fsp3) is 0.333. The second-order valence-electron chi connectivity index (χ2n) is 7.22. The Morgan fingerprint density at radius 3 is 2.62 bits per heavy atom. The summed E-state index contributed by atoms with van der Waals surface area (Å²) >= 11 is 1.16. The molecule has 0 radical (unpaired) electrons. The van der Waals surface area contributed by atoms with Crippen LogP contribution in [0, 0.1) is 0 Å². The van der Waals surface area contributed by atoms with Crippen LogP contribution in [0.5, 0.6) is 5.75 Å². The lowest BCUT2D eigenvalue weighted by Crippen LogP contribution is -2.30. The Kier molecular flexibility index (Phi) is 9.48. The standard InChI is InChI=1S/C24H27N3O6S/c1-31-13-6-12-27-22(29)19-10-9-17(23(30)32-2)15-20(19)26-24(27)34-16-21(28)25-11-14-33-18-7-4-3-5-8-18/h3-5,7-10,15H,6,11-14,16H2,1-2H3,(H,25,28). The van der Waals surface area contributed by atoms with Gasteiger partial charge < -0.3 is 19.5 Å². The lowest BCUT2D eigenvalue weighted by molar-refractivity contribution is -0.118. The highest BCUT2D eigenvalue weighted by Gasteiger charge is 2.15. The predicted octanol–water partition coefficient (Wildman–Crippen LogP) is 2.51. The van der Waals surface area contributed by atoms with Crippen molar-refractivity contribution in [2.45, 2.75) is 18.1 Å². The van der Waals surface area contributed by atoms with Crippen LogP contribution in [-0.4, -0.2) is 61.2 Å². The van der Waals surface area contributed by atoms with Crippen molar-refractivity contribution in [1.29, 1.82) is 0 Å². The normalized spacial score (nSPS) is 10.8. The number of rotatable bonds is 12. The molecule has 9 nitrogen and oxygen atoms in total. The molecule has 3 aromatic rings. The van der Waals surface area contributed by atoms with E-state index in [1.807, 2.05) is 30.3 Å². The van der Waals surface area contributed by atoms with Gasteiger partial charge in [0.15, 0.2) is 5.16 Å². The van der Waals surface area contributed by atoms with E-state index < -0.39 is 5.97 Å². The predicted molar refractivity (Wildman–Crippen MR) is 130 cm³/mol. The number of esters is 1. The largest absolute Gasteiger partial charge is 0.492 e. The van der Waals surface area contributed by atoms with Gasteiger partial charge in [0.25, 0.3) is 5.56 Å². The number of nitrogens with one attached hydrogen (secondary N) is 1. The van der Waals surface area contributed by atoms with E-state index in [-0.39, 0.29) is 17.2 Å². The first-order chi connectivity index (χ1) is 16.5. The summed E-state index contributed by atoms with van der Waals surface area (Å²) in [6.07, 6.45) is 0.612. The van der Waals surface area contributed by atoms with Crippen LogP contribution in [0.2, 0.25) is 0 Å². The quantitative estimate of drug-likeness (QED) is 0.180. The van der Waals surface area contributed by atoms with Gasteiger partial charge in [-0.25, -0.2) is 9.78 Å². The van der Waals surface area contributed by atoms with Crippen LogP contribution in [0.1, 0.15) is 16.8 Å². The molecule has 1 N–H and O–H groups in total. The van der Waals surface area contributed by atoms with Crippen LogP contribution in [0.4, 0.5) is 0 Å². The second kappa shape index (κ2) is 12.8. The molecule has 0 spiro atoms. The molecular formula is C24H27N3O6S. The molecule has 10 heteroatoms. The number of carbonyl (C=O) groups is 2. The number of nitrogens with zero attached hydrogens (tertiary/aromatic N) is 2. The van der Waals surface area contributed by atoms with Crippen LogP contribution >= 0.6 is 11.8 Å². The summed E-state index contributed by atoms with van der Waals surface area (Å²) < 4.78 is 17.0. The summed E-state index contributed by atoms with van der Waals surface area (Å²) in [7, 11) is 2.88. The lowest BCUT2D eigenvalue weighted by atomic mass is 10.1. The third kappa shape index (κ3) is 6.82. The van der Waals surface area contributed by atoms with Crippen molar-refractivity contribution in [3.05, 3.63) is 64.4 Å². The fourth-order valence-electron chi connectivity index (χ4n) is 3.18. The molecule has 0 aliphatic carbocycles. The van der Waals surface area contributed by atoms with E-state index in [4.69, 9.17) is 14.2 Å². The summed E-state index contributed by atoms with van der Waals surface area (Å²) in [6, 6.07) is 14.0. The number of carbonyl (C=O) groups excluding carboxylic acids is 2. The van der Waals surface area contributed by atoms with Gasteiger partial charge in [-0.1, -0.05) is 30.0 Å². The highest BCUT2D eigenvalue weighted by atomic mass is 32.2. The van der Waals surface area contributed by atoms with Crippen molar-refractivity contribution in [3.63, 3.8) is 0 Å². The molecule has 0 aliphatic rings. The zero-order valence-electron chi connectivity index (χ0n) is 19.1. The van der Waals surface area contributed by atoms with Gasteiger partial charge >= 0.3 is 5.97 Å². The SMILES string of the molecule is COCCCn1c(SCC(=O)NCCOc2ccccc2)nc2cc(C(=O)OC)ccc2c1=O. The van der Waals surface area contributed by atoms with Gasteiger partial charge in [0.05, 0.1) is 35.9 Å². The Hall–Kier alpha value is -3.37. The number of fused-ring (bicyclic) bond motifs is 1. The van der Waals surface area contributed by atoms with Crippen molar-refractivity contribution < 1.29 is 23.8 Å². The lowest BCUT2D eigenvalue weighted by Gasteiger charge is -2.13. The maximum Gasteiger partial charge on any atom is 0.337 e. The van der Waals surface area contributed by atoms with Crippen molar-refractivity contribution in [2.75, 3.05) is 39.7 Å². The highest BCUT2D eigenvalue weighted by Crippen LogP contribution is 2.19. The summed E-state index contributed by atoms with van der Waals surface area (Å²) in [6.45, 7) is 1.57. The smallest absolute Gasteiger partial charge is 0.337 e. The molecule has 180 valence electrons. The zero-order valence-corrected chi connectivity index (χ0v) is 19.9. The van der Waals surface area contributed by atoms with Gasteiger partial charge in [-0.05, 0) is 36.8 Å². The molecule has 1 aromatic heterocycles. The van der Waals surface area contributed by atoms with E-state index in [1.54, 1.807) is 13.2 Å². The number of thioether (sulfide) groups is 1. The Labute approximate surface area is 201 Å². The van der Waals surface area contributed by atoms with Crippen LogP contribution in [0.3, 0.4) is 0 Å². The number of benzene rings is 2. The van der Waals surface area contributed by atoms with Crippen molar-refractivity contribution in [3.8, 4) is 5.75 Å². The summed E-state index contributed by atoms with van der Waals surface area (Å²) in [5.74, 6) is 0.0875. The number of hydrogen-bond donors (Lipinski definition) is 1. The van der Waals surface area contributed by atoms with Crippen LogP contribution in [0.15, 0.2) is 58.5 Å². The average molecular weight is 486 g/mol. The van der Waals surface area contributed by atoms with Gasteiger partial charge in [0.1, 0.15) is 12.4 Å². The highest BCUT2D eigenvalue weighted by molar-refractivity contribution is 7.99. The molecular weight excluding hydrogens is 458 g/mol. The first-order valence-electron chi connectivity index (χ1n) is 10.7. The fourth-order valence-corrected chi connectivity index (χ4v) is 4.03. The van der Waals surface area contributed by atoms with E-state index in [0.717, 1.165) is 17.5 Å². The Morgan fingerprint density at radius 1 is 1.09 bits per heavy atom. The number of ether oxygens (including phenoxy) is 3. The maximum atomic E-state index is 13.1. The Balaban J connectivity index is 1.70. The number of para-hydroxylation sites is 1. The summed E-state index contributed by atoms with van der Waals surface area (Å²) in [4.78, 5) is 41.9. The van der Waals surface area contributed by atoms with E-state index in [0.29, 0.717) is 54.3 Å². The molecule has 0 saturated heterocycles. The average Bonchev–Trinajstić information content (AvgIpc) is 2.86. The molecule has 3 rings (SSSR count). The molecule has 1 heterocycles. The van der Waals surface area contributed by atoms with Crippen LogP contribution in [0.25, 0.3) is 10.9 Å². The molecule has 0 bridgehead atoms. The maximum absolute atomic E-state index is 13.1. The third-order valence-electron chi connectivity index (χ3n) is 4.84. The zero-order chi connectivity index (χ0) is 24.3. The third-order valence-corrected chi connectivity index (χ3v) is 5.82. The van der Waals surface area contributed by atoms with Crippen LogP contribution < -0.4 is 15.6 Å². The van der Waals surface area contributed by atoms with Gasteiger partial charge in [0.2, 0.25) is 5.91 Å². The first kappa shape index (κ1) is 25.3. The van der Waals surface area contributed by atoms with Crippen LogP contribution in [-0.2, 0) is 20.8 Å². The monoisotopic (exact) mass is 485 g/mol. The molecule has 0 saturated carbocycles. The number of hydrogen-bond acceptors (Lipinski definition) is 8. The first-order valence-corrected chi connectivity index (χ1v) is 11.7. The topological polar surface area (TPSA) is 109 Å². The molecule has 0 atom stereocenters. The minimum absolute atomic E-state index is 0.0737. The number of aromatic nitrogens is 2. The van der Waals surface area contributed by atoms with Gasteiger partial charge in [-0.3, -0.25) is 14.2 Å². The van der Waals surface area contributed by atoms with Gasteiger partial charge in [-0.2, -0.15) is 0 Å². The molecule has 0 fully saturated rings. The van der Waals surface area contributed by atoms with E-state index in [1.165, 1.54) is 23.8 Å². The van der Waals surface area contributed by atoms with Crippen molar-refractivity contribution >= 4 is 34.5 Å². The Bertz CT molecular complexity index is 1180. The van der Waals surface area contributed by atoms with E-state index >= 15 is 0 Å². The van der Waals surface area contributed by atoms with E-state index in [2.05, 4.69) is 10.3 Å². The van der Waals surface area contributed by atoms with Gasteiger partial charge in [0, 0.05) is 20.3 Å². The molecule has 0 unspecified atom stereocenters. The number of methoxy groups -OCH3 is 2. The van der Waals surface area contributed by atoms with Gasteiger partial charge in [-0.15, -0.1) is 0 Å². The summed E-state index contributed by atoms with van der Waals surface area (Å²) in [5.41, 5.74) is 0.429. The minimum atomic E-state index is -0.515. The molecule has 34 heavy (non-hydrogen) atoms. The number of amides is 1. The summed E-state index contributed by atoms with van der Waals surface area (Å²) in [5, 5.41) is 3.58. The Morgan fingerprint density at radius 2 is 1.88 bits per heavy atom. The van der Waals surface area contributed by atoms with Crippen molar-refractivity contribution in [1.82, 2.24) is 14.9 Å². The second-order valence-corrected chi connectivity index (χ2v) is 8.16. The minimum Gasteiger partial charge on any atom is -0.492 e. The molecule has 0 aliphatic heterocycles. The molecule has 1 amide bonds.